The van der Waals surface area contributed by atoms with Crippen LogP contribution in [0.15, 0.2) is 18.3 Å². The molecule has 16 heavy (non-hydrogen) atoms. The minimum Gasteiger partial charge on any atom is -0.365 e. The first-order chi connectivity index (χ1) is 7.72. The predicted octanol–water partition coefficient (Wildman–Crippen LogP) is 0.540. The molecule has 1 aromatic rings. The van der Waals surface area contributed by atoms with Crippen LogP contribution >= 0.6 is 0 Å². The van der Waals surface area contributed by atoms with Crippen LogP contribution in [0.3, 0.4) is 0 Å². The van der Waals surface area contributed by atoms with E-state index in [1.165, 1.54) is 12.5 Å². The fraction of sp³-hybridized carbons (Fsp3) is 0.500. The number of fused-ring (bicyclic) bond motifs is 2. The summed E-state index contributed by atoms with van der Waals surface area (Å²) < 4.78 is 0. The molecule has 1 aromatic heterocycles. The standard InChI is InChI=1S/C10H12N4O2/c15-14(16)10-2-1-9(4-11-10)13-5-7-3-8(6-13)12-7/h1-2,4,7-8,12H,3,5-6H2. The zero-order chi connectivity index (χ0) is 11.1. The Morgan fingerprint density at radius 1 is 1.44 bits per heavy atom. The van der Waals surface area contributed by atoms with Gasteiger partial charge in [-0.05, 0) is 22.4 Å². The van der Waals surface area contributed by atoms with E-state index in [-0.39, 0.29) is 5.82 Å². The van der Waals surface area contributed by atoms with Crippen molar-refractivity contribution in [1.29, 1.82) is 0 Å². The van der Waals surface area contributed by atoms with Crippen molar-refractivity contribution in [2.45, 2.75) is 18.5 Å². The zero-order valence-electron chi connectivity index (χ0n) is 8.67. The number of nitro groups is 1. The summed E-state index contributed by atoms with van der Waals surface area (Å²) >= 11 is 0. The van der Waals surface area contributed by atoms with Crippen LogP contribution in [0.2, 0.25) is 0 Å². The lowest BCUT2D eigenvalue weighted by molar-refractivity contribution is -0.389. The molecule has 3 saturated heterocycles. The molecule has 6 nitrogen and oxygen atoms in total. The first kappa shape index (κ1) is 9.53. The van der Waals surface area contributed by atoms with Crippen LogP contribution in [0.4, 0.5) is 11.5 Å². The average Bonchev–Trinajstić information content (AvgIpc) is 2.28. The van der Waals surface area contributed by atoms with Crippen LogP contribution in [-0.2, 0) is 0 Å². The highest BCUT2D eigenvalue weighted by atomic mass is 16.6. The first-order valence-electron chi connectivity index (χ1n) is 5.34. The van der Waals surface area contributed by atoms with E-state index in [2.05, 4.69) is 15.2 Å². The number of piperidine rings is 1. The van der Waals surface area contributed by atoms with Crippen molar-refractivity contribution in [3.05, 3.63) is 28.4 Å². The third kappa shape index (κ3) is 1.51. The van der Waals surface area contributed by atoms with Gasteiger partial charge in [-0.25, -0.2) is 0 Å². The van der Waals surface area contributed by atoms with Crippen molar-refractivity contribution >= 4 is 11.5 Å². The molecule has 3 aliphatic heterocycles. The number of anilines is 1. The van der Waals surface area contributed by atoms with Crippen molar-refractivity contribution in [3.8, 4) is 0 Å². The number of hydrogen-bond donors (Lipinski definition) is 1. The Balaban J connectivity index is 1.77. The molecule has 6 heteroatoms. The molecule has 2 bridgehead atoms. The second-order valence-corrected chi connectivity index (χ2v) is 4.33. The molecule has 84 valence electrons. The Hall–Kier alpha value is -1.69. The number of nitrogens with one attached hydrogen (secondary N) is 1. The first-order valence-corrected chi connectivity index (χ1v) is 5.34. The summed E-state index contributed by atoms with van der Waals surface area (Å²) in [5.74, 6) is -0.0935. The van der Waals surface area contributed by atoms with Crippen LogP contribution in [0, 0.1) is 10.1 Å². The highest BCUT2D eigenvalue weighted by Crippen LogP contribution is 2.26. The number of hydrogen-bond acceptors (Lipinski definition) is 5. The van der Waals surface area contributed by atoms with Gasteiger partial charge in [0, 0.05) is 31.2 Å². The molecule has 0 aliphatic carbocycles. The minimum absolute atomic E-state index is 0.0935. The third-order valence-electron chi connectivity index (χ3n) is 3.21. The maximum atomic E-state index is 10.5. The van der Waals surface area contributed by atoms with Crippen molar-refractivity contribution in [2.75, 3.05) is 18.0 Å². The van der Waals surface area contributed by atoms with Crippen LogP contribution in [0.1, 0.15) is 6.42 Å². The number of pyridine rings is 1. The molecule has 3 fully saturated rings. The number of aromatic nitrogens is 1. The molecule has 4 heterocycles. The second-order valence-electron chi connectivity index (χ2n) is 4.33. The SMILES string of the molecule is O=[N+]([O-])c1ccc(N2CC3CC(C2)N3)cn1. The zero-order valence-corrected chi connectivity index (χ0v) is 8.67. The topological polar surface area (TPSA) is 71.3 Å². The summed E-state index contributed by atoms with van der Waals surface area (Å²) in [5, 5.41) is 13.9. The lowest BCUT2D eigenvalue weighted by atomic mass is 9.91. The normalized spacial score (nSPS) is 27.4. The molecule has 1 N–H and O–H groups in total. The fourth-order valence-electron chi connectivity index (χ4n) is 2.40. The Morgan fingerprint density at radius 3 is 2.62 bits per heavy atom. The number of piperazine rings is 1. The molecule has 0 spiro atoms. The maximum absolute atomic E-state index is 10.5. The summed E-state index contributed by atoms with van der Waals surface area (Å²) in [5.41, 5.74) is 0.974. The molecule has 3 aliphatic rings. The van der Waals surface area contributed by atoms with Crippen LogP contribution in [-0.4, -0.2) is 35.1 Å². The molecule has 2 unspecified atom stereocenters. The molecular weight excluding hydrogens is 208 g/mol. The third-order valence-corrected chi connectivity index (χ3v) is 3.21. The van der Waals surface area contributed by atoms with Gasteiger partial charge < -0.3 is 20.3 Å². The van der Waals surface area contributed by atoms with Crippen molar-refractivity contribution in [2.24, 2.45) is 0 Å². The van der Waals surface area contributed by atoms with Gasteiger partial charge in [-0.15, -0.1) is 0 Å². The van der Waals surface area contributed by atoms with Gasteiger partial charge in [0.15, 0.2) is 6.20 Å². The van der Waals surface area contributed by atoms with E-state index in [9.17, 15) is 10.1 Å². The van der Waals surface area contributed by atoms with Gasteiger partial charge in [0.05, 0.1) is 5.69 Å². The van der Waals surface area contributed by atoms with Crippen LogP contribution in [0.25, 0.3) is 0 Å². The summed E-state index contributed by atoms with van der Waals surface area (Å²) in [6, 6.07) is 4.39. The molecule has 0 radical (unpaired) electrons. The van der Waals surface area contributed by atoms with E-state index in [1.807, 2.05) is 0 Å². The summed E-state index contributed by atoms with van der Waals surface area (Å²) in [7, 11) is 0. The largest absolute Gasteiger partial charge is 0.365 e. The van der Waals surface area contributed by atoms with E-state index in [0.717, 1.165) is 18.8 Å². The monoisotopic (exact) mass is 220 g/mol. The van der Waals surface area contributed by atoms with Crippen LogP contribution < -0.4 is 10.2 Å². The molecular formula is C10H12N4O2. The lowest BCUT2D eigenvalue weighted by Crippen LogP contribution is -2.67. The van der Waals surface area contributed by atoms with E-state index < -0.39 is 4.92 Å². The second kappa shape index (κ2) is 3.41. The predicted molar refractivity (Wildman–Crippen MR) is 58.4 cm³/mol. The highest BCUT2D eigenvalue weighted by molar-refractivity contribution is 5.48. The summed E-state index contributed by atoms with van der Waals surface area (Å²) in [6.45, 7) is 1.94. The van der Waals surface area contributed by atoms with Crippen molar-refractivity contribution < 1.29 is 4.92 Å². The van der Waals surface area contributed by atoms with Gasteiger partial charge in [-0.1, -0.05) is 0 Å². The summed E-state index contributed by atoms with van der Waals surface area (Å²) in [6.07, 6.45) is 2.83. The molecule has 0 aromatic carbocycles. The van der Waals surface area contributed by atoms with Gasteiger partial charge in [0.1, 0.15) is 0 Å². The van der Waals surface area contributed by atoms with Gasteiger partial charge in [-0.2, -0.15) is 0 Å². The van der Waals surface area contributed by atoms with Gasteiger partial charge in [0.25, 0.3) is 0 Å². The lowest BCUT2D eigenvalue weighted by Gasteiger charge is -2.48. The highest BCUT2D eigenvalue weighted by Gasteiger charge is 2.36. The quantitative estimate of drug-likeness (QED) is 0.581. The van der Waals surface area contributed by atoms with Crippen molar-refractivity contribution in [3.63, 3.8) is 0 Å². The van der Waals surface area contributed by atoms with Crippen molar-refractivity contribution in [1.82, 2.24) is 10.3 Å². The van der Waals surface area contributed by atoms with E-state index in [1.54, 1.807) is 12.3 Å². The Labute approximate surface area is 92.4 Å². The number of rotatable bonds is 2. The minimum atomic E-state index is -0.473. The van der Waals surface area contributed by atoms with E-state index in [4.69, 9.17) is 0 Å². The Bertz CT molecular complexity index is 403. The van der Waals surface area contributed by atoms with E-state index in [0.29, 0.717) is 12.1 Å². The smallest absolute Gasteiger partial charge is 0.363 e. The van der Waals surface area contributed by atoms with Gasteiger partial charge >= 0.3 is 5.82 Å². The van der Waals surface area contributed by atoms with E-state index >= 15 is 0 Å². The molecule has 0 saturated carbocycles. The maximum Gasteiger partial charge on any atom is 0.363 e. The number of nitrogens with zero attached hydrogens (tertiary/aromatic N) is 3. The fourth-order valence-corrected chi connectivity index (χ4v) is 2.40. The Morgan fingerprint density at radius 2 is 2.12 bits per heavy atom. The molecule has 0 amide bonds. The average molecular weight is 220 g/mol. The molecule has 4 rings (SSSR count). The summed E-state index contributed by atoms with van der Waals surface area (Å²) in [4.78, 5) is 16.1. The van der Waals surface area contributed by atoms with Crippen LogP contribution in [0.5, 0.6) is 0 Å². The van der Waals surface area contributed by atoms with Gasteiger partial charge in [-0.3, -0.25) is 0 Å². The Kier molecular flexibility index (Phi) is 2.03. The van der Waals surface area contributed by atoms with Gasteiger partial charge in [0.2, 0.25) is 0 Å². The molecule has 2 atom stereocenters.